The molecule has 0 radical (unpaired) electrons. The van der Waals surface area contributed by atoms with Gasteiger partial charge in [-0.15, -0.1) is 0 Å². The number of amides is 2. The molecule has 7 nitrogen and oxygen atoms in total. The molecule has 4 rings (SSSR count). The molecule has 0 spiro atoms. The van der Waals surface area contributed by atoms with Gasteiger partial charge < -0.3 is 30.0 Å². The molecule has 1 aliphatic heterocycles. The van der Waals surface area contributed by atoms with Crippen LogP contribution in [0.5, 0.6) is 11.5 Å². The van der Waals surface area contributed by atoms with E-state index in [0.717, 1.165) is 16.7 Å². The summed E-state index contributed by atoms with van der Waals surface area (Å²) in [7, 11) is 3.25. The van der Waals surface area contributed by atoms with Gasteiger partial charge in [-0.05, 0) is 24.1 Å². The van der Waals surface area contributed by atoms with Crippen LogP contribution in [-0.2, 0) is 10.3 Å². The Bertz CT molecular complexity index is 1070. The summed E-state index contributed by atoms with van der Waals surface area (Å²) in [5, 5.41) is 10.2. The van der Waals surface area contributed by atoms with E-state index in [-0.39, 0.29) is 19.2 Å². The molecule has 2 amide bonds. The van der Waals surface area contributed by atoms with Gasteiger partial charge >= 0.3 is 6.03 Å². The molecule has 1 saturated heterocycles. The zero-order chi connectivity index (χ0) is 24.1. The number of carbonyl (C=O) groups is 1. The number of ether oxygens (including phenoxy) is 3. The number of methoxy groups -OCH3 is 2. The fourth-order valence-corrected chi connectivity index (χ4v) is 4.78. The van der Waals surface area contributed by atoms with E-state index in [0.29, 0.717) is 17.9 Å². The summed E-state index contributed by atoms with van der Waals surface area (Å²) < 4.78 is 18.4. The monoisotopic (exact) mass is 462 g/mol. The Morgan fingerprint density at radius 3 is 2.00 bits per heavy atom. The Kier molecular flexibility index (Phi) is 7.05. The number of aliphatic hydroxyl groups is 1. The zero-order valence-electron chi connectivity index (χ0n) is 19.4. The second-order valence-corrected chi connectivity index (χ2v) is 8.29. The van der Waals surface area contributed by atoms with Crippen molar-refractivity contribution in [3.8, 4) is 11.5 Å². The minimum atomic E-state index is -1.13. The second kappa shape index (κ2) is 10.2. The quantitative estimate of drug-likeness (QED) is 0.500. The predicted octanol–water partition coefficient (Wildman–Crippen LogP) is 3.53. The Labute approximate surface area is 199 Å². The molecule has 1 fully saturated rings. The highest BCUT2D eigenvalue weighted by atomic mass is 16.5. The third-order valence-corrected chi connectivity index (χ3v) is 6.32. The van der Waals surface area contributed by atoms with Gasteiger partial charge in [0.2, 0.25) is 0 Å². The number of benzene rings is 3. The summed E-state index contributed by atoms with van der Waals surface area (Å²) in [6.45, 7) is 0.329. The number of nitrogens with two attached hydrogens (primary N) is 1. The van der Waals surface area contributed by atoms with Gasteiger partial charge in [0, 0.05) is 17.7 Å². The number of primary amides is 1. The first-order chi connectivity index (χ1) is 16.5. The Hall–Kier alpha value is -3.55. The van der Waals surface area contributed by atoms with E-state index < -0.39 is 17.7 Å². The Morgan fingerprint density at radius 2 is 1.47 bits per heavy atom. The molecule has 7 heteroatoms. The van der Waals surface area contributed by atoms with Gasteiger partial charge in [-0.1, -0.05) is 66.7 Å². The summed E-state index contributed by atoms with van der Waals surface area (Å²) in [4.78, 5) is 13.5. The highest BCUT2D eigenvalue weighted by Crippen LogP contribution is 2.47. The van der Waals surface area contributed by atoms with Crippen LogP contribution < -0.4 is 15.2 Å². The number of hydrogen-bond donors (Lipinski definition) is 2. The molecule has 3 aromatic rings. The molecule has 2 atom stereocenters. The van der Waals surface area contributed by atoms with Crippen molar-refractivity contribution in [2.45, 2.75) is 24.2 Å². The van der Waals surface area contributed by atoms with Crippen molar-refractivity contribution in [2.24, 2.45) is 5.73 Å². The maximum atomic E-state index is 12.0. The minimum Gasteiger partial charge on any atom is -0.496 e. The van der Waals surface area contributed by atoms with Crippen LogP contribution in [0.3, 0.4) is 0 Å². The van der Waals surface area contributed by atoms with E-state index in [1.54, 1.807) is 14.2 Å². The molecular formula is C27H30N2O5. The molecule has 1 heterocycles. The number of nitrogens with zero attached hydrogens (tertiary/aromatic N) is 1. The first-order valence-corrected chi connectivity index (χ1v) is 11.2. The number of para-hydroxylation sites is 2. The topological polar surface area (TPSA) is 94.3 Å². The fourth-order valence-electron chi connectivity index (χ4n) is 4.78. The smallest absolute Gasteiger partial charge is 0.315 e. The van der Waals surface area contributed by atoms with E-state index in [1.165, 1.54) is 4.90 Å². The highest BCUT2D eigenvalue weighted by Gasteiger charge is 2.44. The fraction of sp³-hybridized carbons (Fsp3) is 0.296. The van der Waals surface area contributed by atoms with Crippen LogP contribution in [-0.4, -0.2) is 55.6 Å². The van der Waals surface area contributed by atoms with Gasteiger partial charge in [0.25, 0.3) is 0 Å². The van der Waals surface area contributed by atoms with E-state index in [2.05, 4.69) is 0 Å². The van der Waals surface area contributed by atoms with Crippen molar-refractivity contribution in [3.05, 3.63) is 95.6 Å². The molecular weight excluding hydrogens is 432 g/mol. The van der Waals surface area contributed by atoms with Gasteiger partial charge in [0.05, 0.1) is 33.0 Å². The van der Waals surface area contributed by atoms with Crippen LogP contribution >= 0.6 is 0 Å². The van der Waals surface area contributed by atoms with Gasteiger partial charge in [0.1, 0.15) is 11.5 Å². The molecule has 3 aromatic carbocycles. The lowest BCUT2D eigenvalue weighted by molar-refractivity contribution is -0.0126. The number of carbonyl (C=O) groups excluding carboxylic acids is 1. The number of likely N-dealkylation sites (tertiary alicyclic amines) is 1. The van der Waals surface area contributed by atoms with Crippen LogP contribution in [0.4, 0.5) is 4.79 Å². The van der Waals surface area contributed by atoms with Gasteiger partial charge in [0.15, 0.2) is 5.60 Å². The molecule has 2 unspecified atom stereocenters. The third-order valence-electron chi connectivity index (χ3n) is 6.32. The molecule has 0 aromatic heterocycles. The molecule has 0 aliphatic carbocycles. The van der Waals surface area contributed by atoms with Crippen LogP contribution in [0.25, 0.3) is 0 Å². The summed E-state index contributed by atoms with van der Waals surface area (Å²) in [5.41, 5.74) is 6.91. The van der Waals surface area contributed by atoms with E-state index in [1.807, 2.05) is 78.9 Å². The molecule has 178 valence electrons. The minimum absolute atomic E-state index is 0.144. The molecule has 0 bridgehead atoms. The normalized spacial score (nSPS) is 18.0. The van der Waals surface area contributed by atoms with E-state index in [4.69, 9.17) is 19.9 Å². The molecule has 3 N–H and O–H groups in total. The SMILES string of the molecule is COc1ccccc1C(OCC1CC(O)CN1C(N)=O)(c1ccccc1)c1ccccc1OC. The highest BCUT2D eigenvalue weighted by molar-refractivity contribution is 5.72. The van der Waals surface area contributed by atoms with Crippen molar-refractivity contribution in [1.29, 1.82) is 0 Å². The number of rotatable bonds is 8. The lowest BCUT2D eigenvalue weighted by Crippen LogP contribution is -2.44. The summed E-state index contributed by atoms with van der Waals surface area (Å²) in [6, 6.07) is 24.3. The van der Waals surface area contributed by atoms with E-state index in [9.17, 15) is 9.90 Å². The van der Waals surface area contributed by atoms with E-state index >= 15 is 0 Å². The standard InChI is InChI=1S/C27H30N2O5/c1-32-24-14-8-6-12-22(24)27(19-10-4-3-5-11-19,23-13-7-9-15-25(23)33-2)34-18-20-16-21(30)17-29(20)26(28)31/h3-15,20-21,30H,16-18H2,1-2H3,(H2,28,31). The van der Waals surface area contributed by atoms with Gasteiger partial charge in [-0.3, -0.25) is 0 Å². The summed E-state index contributed by atoms with van der Waals surface area (Å²) in [6.07, 6.45) is -0.268. The van der Waals surface area contributed by atoms with Crippen molar-refractivity contribution in [1.82, 2.24) is 4.90 Å². The lowest BCUT2D eigenvalue weighted by Gasteiger charge is -2.38. The summed E-state index contributed by atoms with van der Waals surface area (Å²) >= 11 is 0. The maximum Gasteiger partial charge on any atom is 0.315 e. The van der Waals surface area contributed by atoms with Crippen molar-refractivity contribution in [3.63, 3.8) is 0 Å². The van der Waals surface area contributed by atoms with Crippen molar-refractivity contribution < 1.29 is 24.1 Å². The van der Waals surface area contributed by atoms with Crippen molar-refractivity contribution >= 4 is 6.03 Å². The summed E-state index contributed by atoms with van der Waals surface area (Å²) in [5.74, 6) is 1.30. The average Bonchev–Trinajstić information content (AvgIpc) is 3.26. The molecule has 1 aliphatic rings. The number of aliphatic hydroxyl groups excluding tert-OH is 1. The third kappa shape index (κ3) is 4.32. The van der Waals surface area contributed by atoms with Crippen LogP contribution in [0.2, 0.25) is 0 Å². The first kappa shape index (κ1) is 23.6. The average molecular weight is 463 g/mol. The van der Waals surface area contributed by atoms with Gasteiger partial charge in [-0.2, -0.15) is 0 Å². The van der Waals surface area contributed by atoms with Crippen LogP contribution in [0, 0.1) is 0 Å². The maximum absolute atomic E-state index is 12.0. The van der Waals surface area contributed by atoms with Gasteiger partial charge in [-0.25, -0.2) is 4.79 Å². The first-order valence-electron chi connectivity index (χ1n) is 11.2. The van der Waals surface area contributed by atoms with Crippen molar-refractivity contribution in [2.75, 3.05) is 27.4 Å². The van der Waals surface area contributed by atoms with Crippen LogP contribution in [0.15, 0.2) is 78.9 Å². The molecule has 0 saturated carbocycles. The number of hydrogen-bond acceptors (Lipinski definition) is 5. The second-order valence-electron chi connectivity index (χ2n) is 8.29. The predicted molar refractivity (Wildman–Crippen MR) is 129 cm³/mol. The lowest BCUT2D eigenvalue weighted by atomic mass is 9.79. The largest absolute Gasteiger partial charge is 0.496 e. The zero-order valence-corrected chi connectivity index (χ0v) is 19.4. The number of β-amino-alcohol motifs (C(OH)–C–C–N with tert-alkyl or cyclic N) is 1. The van der Waals surface area contributed by atoms with Crippen LogP contribution in [0.1, 0.15) is 23.1 Å². The molecule has 34 heavy (non-hydrogen) atoms. The number of urea groups is 1. The Morgan fingerprint density at radius 1 is 0.941 bits per heavy atom. The Balaban J connectivity index is 1.93.